The molecule has 0 fully saturated rings. The van der Waals surface area contributed by atoms with Gasteiger partial charge in [-0.3, -0.25) is 4.79 Å². The number of thiocarbonyl (C=S) groups is 1. The second-order valence-electron chi connectivity index (χ2n) is 8.29. The van der Waals surface area contributed by atoms with E-state index in [-0.39, 0.29) is 17.9 Å². The van der Waals surface area contributed by atoms with Gasteiger partial charge < -0.3 is 19.9 Å². The predicted molar refractivity (Wildman–Crippen MR) is 139 cm³/mol. The number of methoxy groups -OCH3 is 1. The van der Waals surface area contributed by atoms with Gasteiger partial charge in [-0.05, 0) is 103 Å². The molecule has 1 aromatic heterocycles. The minimum atomic E-state index is -0.300. The van der Waals surface area contributed by atoms with E-state index < -0.39 is 0 Å². The van der Waals surface area contributed by atoms with Crippen LogP contribution in [0, 0.1) is 19.7 Å². The Balaban J connectivity index is 1.64. The third-order valence-corrected chi connectivity index (χ3v) is 6.17. The molecule has 0 bridgehead atoms. The first-order chi connectivity index (χ1) is 16.3. The first-order valence-electron chi connectivity index (χ1n) is 10.9. The van der Waals surface area contributed by atoms with Gasteiger partial charge in [0, 0.05) is 23.3 Å². The Kier molecular flexibility index (Phi) is 6.93. The Morgan fingerprint density at radius 2 is 1.68 bits per heavy atom. The molecule has 2 N–H and O–H groups in total. The van der Waals surface area contributed by atoms with Crippen molar-refractivity contribution in [2.45, 2.75) is 26.9 Å². The van der Waals surface area contributed by atoms with Crippen LogP contribution in [0.5, 0.6) is 5.75 Å². The Labute approximate surface area is 203 Å². The first-order valence-corrected chi connectivity index (χ1v) is 11.3. The van der Waals surface area contributed by atoms with Crippen molar-refractivity contribution in [1.82, 2.24) is 9.88 Å². The van der Waals surface area contributed by atoms with Crippen LogP contribution < -0.4 is 15.6 Å². The number of benzene rings is 3. The maximum absolute atomic E-state index is 13.4. The topological polar surface area (TPSA) is 57.4 Å². The average molecular weight is 476 g/mol. The fraction of sp³-hybridized carbons (Fsp3) is 0.185. The molecule has 174 valence electrons. The zero-order chi connectivity index (χ0) is 24.2. The molecule has 0 saturated heterocycles. The molecular weight excluding hydrogens is 449 g/mol. The Morgan fingerprint density at radius 1 is 1.00 bits per heavy atom. The number of rotatable bonds is 6. The SMILES string of the molecule is COc1ccc(NC(=S)N(Cc2ccc(F)cc2)Cc2cc3cc(C)c(C)cc3[nH]c2=O)cc1. The third-order valence-electron chi connectivity index (χ3n) is 5.81. The van der Waals surface area contributed by atoms with Crippen LogP contribution in [-0.4, -0.2) is 22.1 Å². The van der Waals surface area contributed by atoms with Gasteiger partial charge >= 0.3 is 0 Å². The molecule has 1 heterocycles. The normalized spacial score (nSPS) is 10.8. The van der Waals surface area contributed by atoms with Crippen molar-refractivity contribution in [3.63, 3.8) is 0 Å². The number of H-pyrrole nitrogens is 1. The van der Waals surface area contributed by atoms with E-state index in [4.69, 9.17) is 17.0 Å². The molecule has 5 nitrogen and oxygen atoms in total. The van der Waals surface area contributed by atoms with Gasteiger partial charge in [0.15, 0.2) is 5.11 Å². The molecule has 0 saturated carbocycles. The molecule has 0 aliphatic heterocycles. The van der Waals surface area contributed by atoms with Crippen molar-refractivity contribution >= 4 is 33.9 Å². The highest BCUT2D eigenvalue weighted by molar-refractivity contribution is 7.80. The van der Waals surface area contributed by atoms with Gasteiger partial charge in [-0.15, -0.1) is 0 Å². The van der Waals surface area contributed by atoms with Crippen LogP contribution in [0.2, 0.25) is 0 Å². The molecule has 34 heavy (non-hydrogen) atoms. The molecule has 3 aromatic carbocycles. The van der Waals surface area contributed by atoms with Gasteiger partial charge in [0.25, 0.3) is 5.56 Å². The van der Waals surface area contributed by atoms with Crippen LogP contribution in [0.15, 0.2) is 71.5 Å². The van der Waals surface area contributed by atoms with Crippen LogP contribution in [-0.2, 0) is 13.1 Å². The fourth-order valence-corrected chi connectivity index (χ4v) is 3.98. The molecule has 4 aromatic rings. The lowest BCUT2D eigenvalue weighted by Crippen LogP contribution is -2.35. The Morgan fingerprint density at radius 3 is 2.35 bits per heavy atom. The zero-order valence-electron chi connectivity index (χ0n) is 19.3. The summed E-state index contributed by atoms with van der Waals surface area (Å²) >= 11 is 5.72. The molecule has 4 rings (SSSR count). The highest BCUT2D eigenvalue weighted by atomic mass is 32.1. The van der Waals surface area contributed by atoms with Crippen molar-refractivity contribution < 1.29 is 9.13 Å². The number of aryl methyl sites for hydroxylation is 2. The van der Waals surface area contributed by atoms with Crippen LogP contribution in [0.25, 0.3) is 10.9 Å². The van der Waals surface area contributed by atoms with Crippen molar-refractivity contribution in [2.24, 2.45) is 0 Å². The summed E-state index contributed by atoms with van der Waals surface area (Å²) in [6, 6.07) is 19.7. The molecule has 0 atom stereocenters. The van der Waals surface area contributed by atoms with E-state index in [1.54, 1.807) is 19.2 Å². The van der Waals surface area contributed by atoms with Gasteiger partial charge in [-0.1, -0.05) is 12.1 Å². The largest absolute Gasteiger partial charge is 0.497 e. The number of anilines is 1. The van der Waals surface area contributed by atoms with Crippen LogP contribution >= 0.6 is 12.2 Å². The van der Waals surface area contributed by atoms with Crippen LogP contribution in [0.4, 0.5) is 10.1 Å². The monoisotopic (exact) mass is 475 g/mol. The highest BCUT2D eigenvalue weighted by Gasteiger charge is 2.15. The van der Waals surface area contributed by atoms with E-state index in [9.17, 15) is 9.18 Å². The number of ether oxygens (including phenoxy) is 1. The molecule has 7 heteroatoms. The van der Waals surface area contributed by atoms with E-state index in [0.717, 1.165) is 39.0 Å². The second kappa shape index (κ2) is 10.1. The first kappa shape index (κ1) is 23.4. The third kappa shape index (κ3) is 5.43. The van der Waals surface area contributed by atoms with Crippen LogP contribution in [0.1, 0.15) is 22.3 Å². The van der Waals surface area contributed by atoms with Gasteiger partial charge in [-0.2, -0.15) is 0 Å². The van der Waals surface area contributed by atoms with Gasteiger partial charge in [0.05, 0.1) is 13.7 Å². The highest BCUT2D eigenvalue weighted by Crippen LogP contribution is 2.20. The predicted octanol–water partition coefficient (Wildman–Crippen LogP) is 5.69. The number of halogens is 1. The Bertz CT molecular complexity index is 1380. The quantitative estimate of drug-likeness (QED) is 0.351. The maximum Gasteiger partial charge on any atom is 0.253 e. The number of nitrogens with one attached hydrogen (secondary N) is 2. The maximum atomic E-state index is 13.4. The average Bonchev–Trinajstić information content (AvgIpc) is 2.82. The number of fused-ring (bicyclic) bond motifs is 1. The standard InChI is InChI=1S/C27H26FN3O2S/c1-17-12-20-14-21(26(32)30-25(20)13-18(17)2)16-31(15-19-4-6-22(28)7-5-19)27(34)29-23-8-10-24(33-3)11-9-23/h4-14H,15-16H2,1-3H3,(H,29,34)(H,30,32). The van der Waals surface area contributed by atoms with Crippen molar-refractivity contribution in [3.8, 4) is 5.75 Å². The molecule has 0 aliphatic carbocycles. The molecule has 0 radical (unpaired) electrons. The lowest BCUT2D eigenvalue weighted by Gasteiger charge is -2.26. The number of hydrogen-bond donors (Lipinski definition) is 2. The lowest BCUT2D eigenvalue weighted by atomic mass is 10.0. The summed E-state index contributed by atoms with van der Waals surface area (Å²) in [6.45, 7) is 4.77. The summed E-state index contributed by atoms with van der Waals surface area (Å²) in [5, 5.41) is 4.65. The van der Waals surface area contributed by atoms with Gasteiger partial charge in [0.1, 0.15) is 11.6 Å². The van der Waals surface area contributed by atoms with Crippen LogP contribution in [0.3, 0.4) is 0 Å². The summed E-state index contributed by atoms with van der Waals surface area (Å²) in [5.74, 6) is 0.443. The number of hydrogen-bond acceptors (Lipinski definition) is 3. The van der Waals surface area contributed by atoms with E-state index >= 15 is 0 Å². The minimum Gasteiger partial charge on any atom is -0.497 e. The molecule has 0 amide bonds. The van der Waals surface area contributed by atoms with E-state index in [1.165, 1.54) is 12.1 Å². The molecular formula is C27H26FN3O2S. The van der Waals surface area contributed by atoms with E-state index in [2.05, 4.69) is 16.4 Å². The summed E-state index contributed by atoms with van der Waals surface area (Å²) in [6.07, 6.45) is 0. The number of aromatic nitrogens is 1. The summed E-state index contributed by atoms with van der Waals surface area (Å²) in [7, 11) is 1.61. The second-order valence-corrected chi connectivity index (χ2v) is 8.68. The van der Waals surface area contributed by atoms with Crippen molar-refractivity contribution in [3.05, 3.63) is 105 Å². The fourth-order valence-electron chi connectivity index (χ4n) is 3.73. The molecule has 0 aliphatic rings. The van der Waals surface area contributed by atoms with Gasteiger partial charge in [0.2, 0.25) is 0 Å². The van der Waals surface area contributed by atoms with Crippen molar-refractivity contribution in [1.29, 1.82) is 0 Å². The summed E-state index contributed by atoms with van der Waals surface area (Å²) < 4.78 is 18.6. The molecule has 0 unspecified atom stereocenters. The zero-order valence-corrected chi connectivity index (χ0v) is 20.1. The number of pyridine rings is 1. The van der Waals surface area contributed by atoms with Gasteiger partial charge in [-0.25, -0.2) is 4.39 Å². The molecule has 0 spiro atoms. The van der Waals surface area contributed by atoms with E-state index in [1.807, 2.05) is 55.1 Å². The summed E-state index contributed by atoms with van der Waals surface area (Å²) in [4.78, 5) is 17.8. The number of nitrogens with zero attached hydrogens (tertiary/aromatic N) is 1. The number of aromatic amines is 1. The lowest BCUT2D eigenvalue weighted by molar-refractivity contribution is 0.410. The smallest absolute Gasteiger partial charge is 0.253 e. The van der Waals surface area contributed by atoms with Crippen molar-refractivity contribution in [2.75, 3.05) is 12.4 Å². The summed E-state index contributed by atoms with van der Waals surface area (Å²) in [5.41, 5.74) is 5.20. The minimum absolute atomic E-state index is 0.160. The van der Waals surface area contributed by atoms with E-state index in [0.29, 0.717) is 17.2 Å². The Hall–Kier alpha value is -3.71.